The van der Waals surface area contributed by atoms with Crippen molar-refractivity contribution in [3.8, 4) is 11.4 Å². The summed E-state index contributed by atoms with van der Waals surface area (Å²) in [7, 11) is 1.74. The van der Waals surface area contributed by atoms with Gasteiger partial charge in [-0.15, -0.1) is 24.0 Å². The second-order valence-electron chi connectivity index (χ2n) is 6.52. The first-order valence-corrected chi connectivity index (χ1v) is 9.61. The third-order valence-electron chi connectivity index (χ3n) is 4.27. The minimum Gasteiger partial charge on any atom is -0.354 e. The van der Waals surface area contributed by atoms with Crippen molar-refractivity contribution < 1.29 is 4.52 Å². The molecule has 6 nitrogen and oxygen atoms in total. The maximum absolute atomic E-state index is 6.01. The minimum atomic E-state index is 0. The van der Waals surface area contributed by atoms with E-state index in [9.17, 15) is 0 Å². The first kappa shape index (κ1) is 23.2. The molecule has 0 bridgehead atoms. The van der Waals surface area contributed by atoms with E-state index in [-0.39, 0.29) is 30.0 Å². The molecule has 1 unspecified atom stereocenters. The Labute approximate surface area is 193 Å². The number of hydrogen-bond acceptors (Lipinski definition) is 4. The Hall–Kier alpha value is -2.13. The largest absolute Gasteiger partial charge is 0.354 e. The van der Waals surface area contributed by atoms with Crippen LogP contribution in [-0.2, 0) is 13.0 Å². The van der Waals surface area contributed by atoms with Crippen LogP contribution in [0.25, 0.3) is 11.4 Å². The summed E-state index contributed by atoms with van der Waals surface area (Å²) in [5.41, 5.74) is 2.15. The first-order chi connectivity index (χ1) is 13.6. The normalized spacial score (nSPS) is 12.2. The van der Waals surface area contributed by atoms with Gasteiger partial charge in [0, 0.05) is 23.7 Å². The number of guanidine groups is 1. The number of aryl methyl sites for hydroxylation is 1. The summed E-state index contributed by atoms with van der Waals surface area (Å²) in [5, 5.41) is 11.2. The van der Waals surface area contributed by atoms with Crippen molar-refractivity contribution >= 4 is 41.5 Å². The lowest BCUT2D eigenvalue weighted by molar-refractivity contribution is 0.375. The van der Waals surface area contributed by atoms with Crippen molar-refractivity contribution in [2.24, 2.45) is 4.99 Å². The van der Waals surface area contributed by atoms with Crippen LogP contribution in [0.5, 0.6) is 0 Å². The Morgan fingerprint density at radius 3 is 2.69 bits per heavy atom. The van der Waals surface area contributed by atoms with Gasteiger partial charge in [0.25, 0.3) is 0 Å². The molecule has 29 heavy (non-hydrogen) atoms. The van der Waals surface area contributed by atoms with Gasteiger partial charge in [0.2, 0.25) is 11.7 Å². The summed E-state index contributed by atoms with van der Waals surface area (Å²) in [5.74, 6) is 1.69. The molecule has 0 amide bonds. The Balaban J connectivity index is 0.00000300. The van der Waals surface area contributed by atoms with E-state index >= 15 is 0 Å². The van der Waals surface area contributed by atoms with Gasteiger partial charge in [-0.25, -0.2) is 0 Å². The van der Waals surface area contributed by atoms with E-state index in [1.54, 1.807) is 13.1 Å². The quantitative estimate of drug-likeness (QED) is 0.266. The van der Waals surface area contributed by atoms with Gasteiger partial charge in [0.15, 0.2) is 5.96 Å². The summed E-state index contributed by atoms with van der Waals surface area (Å²) < 4.78 is 5.31. The standard InChI is InChI=1S/C21H24ClN5O.HI/c1-15(11-12-16-7-4-3-5-8-16)25-21(23-2)24-14-19-26-20(27-28-19)17-9-6-10-18(22)13-17;/h3-10,13,15H,11-12,14H2,1-2H3,(H2,23,24,25);1H. The first-order valence-electron chi connectivity index (χ1n) is 9.23. The van der Waals surface area contributed by atoms with Gasteiger partial charge in [-0.3, -0.25) is 4.99 Å². The molecular weight excluding hydrogens is 501 g/mol. The average molecular weight is 526 g/mol. The number of aliphatic imine (C=N–C) groups is 1. The van der Waals surface area contributed by atoms with Crippen molar-refractivity contribution in [2.45, 2.75) is 32.4 Å². The fourth-order valence-electron chi connectivity index (χ4n) is 2.76. The molecule has 0 aliphatic carbocycles. The SMILES string of the molecule is CN=C(NCc1nc(-c2cccc(Cl)c2)no1)NC(C)CCc1ccccc1.I. The molecule has 0 saturated heterocycles. The summed E-state index contributed by atoms with van der Waals surface area (Å²) in [6.45, 7) is 2.53. The molecule has 0 spiro atoms. The minimum absolute atomic E-state index is 0. The molecular formula is C21H25ClIN5O. The highest BCUT2D eigenvalue weighted by molar-refractivity contribution is 14.0. The van der Waals surface area contributed by atoms with Gasteiger partial charge in [-0.05, 0) is 37.5 Å². The topological polar surface area (TPSA) is 75.3 Å². The maximum Gasteiger partial charge on any atom is 0.246 e. The number of rotatable bonds is 7. The molecule has 0 radical (unpaired) electrons. The maximum atomic E-state index is 6.01. The molecule has 1 heterocycles. The number of aromatic nitrogens is 2. The molecule has 2 N–H and O–H groups in total. The molecule has 0 aliphatic rings. The second kappa shape index (κ2) is 11.8. The highest BCUT2D eigenvalue weighted by Crippen LogP contribution is 2.19. The molecule has 3 aromatic rings. The summed E-state index contributed by atoms with van der Waals surface area (Å²) >= 11 is 6.01. The third kappa shape index (κ3) is 7.32. The van der Waals surface area contributed by atoms with Gasteiger partial charge in [0.1, 0.15) is 0 Å². The summed E-state index contributed by atoms with van der Waals surface area (Å²) in [4.78, 5) is 8.66. The monoisotopic (exact) mass is 525 g/mol. The lowest BCUT2D eigenvalue weighted by atomic mass is 10.1. The second-order valence-corrected chi connectivity index (χ2v) is 6.95. The van der Waals surface area contributed by atoms with Crippen molar-refractivity contribution in [1.82, 2.24) is 20.8 Å². The van der Waals surface area contributed by atoms with Crippen LogP contribution in [-0.4, -0.2) is 29.2 Å². The van der Waals surface area contributed by atoms with Crippen molar-refractivity contribution in [3.63, 3.8) is 0 Å². The molecule has 1 aromatic heterocycles. The molecule has 1 atom stereocenters. The number of nitrogens with one attached hydrogen (secondary N) is 2. The van der Waals surface area contributed by atoms with E-state index < -0.39 is 0 Å². The molecule has 3 rings (SSSR count). The van der Waals surface area contributed by atoms with E-state index in [1.807, 2.05) is 24.3 Å². The predicted octanol–water partition coefficient (Wildman–Crippen LogP) is 4.69. The van der Waals surface area contributed by atoms with Crippen LogP contribution in [0.2, 0.25) is 5.02 Å². The van der Waals surface area contributed by atoms with Gasteiger partial charge < -0.3 is 15.2 Å². The van der Waals surface area contributed by atoms with Crippen LogP contribution >= 0.6 is 35.6 Å². The lowest BCUT2D eigenvalue weighted by Gasteiger charge is -2.17. The lowest BCUT2D eigenvalue weighted by Crippen LogP contribution is -2.42. The van der Waals surface area contributed by atoms with E-state index in [1.165, 1.54) is 5.56 Å². The Morgan fingerprint density at radius 2 is 1.97 bits per heavy atom. The number of hydrogen-bond donors (Lipinski definition) is 2. The Morgan fingerprint density at radius 1 is 1.17 bits per heavy atom. The average Bonchev–Trinajstić information content (AvgIpc) is 3.19. The van der Waals surface area contributed by atoms with Crippen LogP contribution in [0.1, 0.15) is 24.8 Å². The highest BCUT2D eigenvalue weighted by atomic mass is 127. The van der Waals surface area contributed by atoms with E-state index in [2.05, 4.69) is 57.0 Å². The zero-order chi connectivity index (χ0) is 19.8. The summed E-state index contributed by atoms with van der Waals surface area (Å²) in [6.07, 6.45) is 2.02. The van der Waals surface area contributed by atoms with E-state index in [0.29, 0.717) is 29.2 Å². The zero-order valence-electron chi connectivity index (χ0n) is 16.4. The summed E-state index contributed by atoms with van der Waals surface area (Å²) in [6, 6.07) is 18.1. The third-order valence-corrected chi connectivity index (χ3v) is 4.51. The molecule has 0 fully saturated rings. The number of benzene rings is 2. The van der Waals surface area contributed by atoms with Crippen molar-refractivity contribution in [1.29, 1.82) is 0 Å². The van der Waals surface area contributed by atoms with Gasteiger partial charge in [-0.1, -0.05) is 59.2 Å². The smallest absolute Gasteiger partial charge is 0.246 e. The Bertz CT molecular complexity index is 916. The fourth-order valence-corrected chi connectivity index (χ4v) is 2.95. The molecule has 0 saturated carbocycles. The van der Waals surface area contributed by atoms with Crippen molar-refractivity contribution in [2.75, 3.05) is 7.05 Å². The van der Waals surface area contributed by atoms with Crippen LogP contribution in [0.4, 0.5) is 0 Å². The van der Waals surface area contributed by atoms with E-state index in [0.717, 1.165) is 18.4 Å². The molecule has 2 aromatic carbocycles. The van der Waals surface area contributed by atoms with E-state index in [4.69, 9.17) is 16.1 Å². The van der Waals surface area contributed by atoms with Gasteiger partial charge in [0.05, 0.1) is 6.54 Å². The Kier molecular flexibility index (Phi) is 9.40. The predicted molar refractivity (Wildman–Crippen MR) is 128 cm³/mol. The number of halogens is 2. The zero-order valence-corrected chi connectivity index (χ0v) is 19.5. The van der Waals surface area contributed by atoms with Crippen LogP contribution in [0, 0.1) is 0 Å². The molecule has 8 heteroatoms. The number of nitrogens with zero attached hydrogens (tertiary/aromatic N) is 3. The van der Waals surface area contributed by atoms with Crippen molar-refractivity contribution in [3.05, 3.63) is 71.1 Å². The highest BCUT2D eigenvalue weighted by Gasteiger charge is 2.11. The molecule has 154 valence electrons. The van der Waals surface area contributed by atoms with Crippen LogP contribution in [0.3, 0.4) is 0 Å². The fraction of sp³-hybridized carbons (Fsp3) is 0.286. The van der Waals surface area contributed by atoms with Crippen LogP contribution in [0.15, 0.2) is 64.1 Å². The van der Waals surface area contributed by atoms with Crippen LogP contribution < -0.4 is 10.6 Å². The van der Waals surface area contributed by atoms with Gasteiger partial charge in [-0.2, -0.15) is 4.98 Å². The molecule has 0 aliphatic heterocycles. The van der Waals surface area contributed by atoms with Gasteiger partial charge >= 0.3 is 0 Å².